The van der Waals surface area contributed by atoms with Crippen LogP contribution in [0, 0.1) is 11.8 Å². The van der Waals surface area contributed by atoms with Gasteiger partial charge in [0.2, 0.25) is 5.91 Å². The average Bonchev–Trinajstić information content (AvgIpc) is 2.16. The minimum atomic E-state index is -0.829. The molecule has 0 aliphatic heterocycles. The van der Waals surface area contributed by atoms with Crippen molar-refractivity contribution in [2.75, 3.05) is 14.1 Å². The topological polar surface area (TPSA) is 57.6 Å². The molecular weight excluding hydrogens is 182 g/mol. The summed E-state index contributed by atoms with van der Waals surface area (Å²) in [5.74, 6) is -1.66. The van der Waals surface area contributed by atoms with E-state index in [4.69, 9.17) is 5.11 Å². The van der Waals surface area contributed by atoms with Crippen LogP contribution in [0.4, 0.5) is 0 Å². The standard InChI is InChI=1S/C10H17NO3/c1-11(2)9(12)7-5-3-4-6-8(7)10(13)14/h7-8H,3-6H2,1-2H3,(H,13,14)/t7-,8-/m1/s1. The number of nitrogens with zero attached hydrogens (tertiary/aromatic N) is 1. The van der Waals surface area contributed by atoms with Crippen molar-refractivity contribution in [3.8, 4) is 0 Å². The maximum absolute atomic E-state index is 11.7. The molecule has 1 rings (SSSR count). The molecule has 1 fully saturated rings. The number of carbonyl (C=O) groups excluding carboxylic acids is 1. The van der Waals surface area contributed by atoms with Gasteiger partial charge in [-0.15, -0.1) is 0 Å². The Hall–Kier alpha value is -1.06. The lowest BCUT2D eigenvalue weighted by Crippen LogP contribution is -2.39. The van der Waals surface area contributed by atoms with Gasteiger partial charge in [0.15, 0.2) is 0 Å². The predicted molar refractivity (Wildman–Crippen MR) is 51.8 cm³/mol. The number of hydrogen-bond donors (Lipinski definition) is 1. The largest absolute Gasteiger partial charge is 0.481 e. The van der Waals surface area contributed by atoms with E-state index >= 15 is 0 Å². The molecule has 0 radical (unpaired) electrons. The van der Waals surface area contributed by atoms with Gasteiger partial charge in [-0.3, -0.25) is 9.59 Å². The maximum Gasteiger partial charge on any atom is 0.307 e. The molecule has 80 valence electrons. The number of carboxylic acids is 1. The first-order valence-electron chi connectivity index (χ1n) is 4.98. The van der Waals surface area contributed by atoms with E-state index in [0.717, 1.165) is 12.8 Å². The Balaban J connectivity index is 2.72. The molecule has 1 aliphatic carbocycles. The number of amides is 1. The van der Waals surface area contributed by atoms with Gasteiger partial charge in [-0.2, -0.15) is 0 Å². The lowest BCUT2D eigenvalue weighted by atomic mass is 9.78. The second-order valence-electron chi connectivity index (χ2n) is 4.07. The summed E-state index contributed by atoms with van der Waals surface area (Å²) in [6, 6.07) is 0. The van der Waals surface area contributed by atoms with Gasteiger partial charge in [0.1, 0.15) is 0 Å². The van der Waals surface area contributed by atoms with Gasteiger partial charge in [0, 0.05) is 14.1 Å². The fourth-order valence-electron chi connectivity index (χ4n) is 2.05. The van der Waals surface area contributed by atoms with Crippen molar-refractivity contribution in [3.05, 3.63) is 0 Å². The van der Waals surface area contributed by atoms with Crippen LogP contribution in [0.2, 0.25) is 0 Å². The summed E-state index contributed by atoms with van der Waals surface area (Å²) in [6.07, 6.45) is 3.25. The van der Waals surface area contributed by atoms with Crippen molar-refractivity contribution >= 4 is 11.9 Å². The first-order chi connectivity index (χ1) is 6.54. The van der Waals surface area contributed by atoms with Gasteiger partial charge in [-0.1, -0.05) is 12.8 Å². The van der Waals surface area contributed by atoms with Gasteiger partial charge in [0.05, 0.1) is 11.8 Å². The molecular formula is C10H17NO3. The molecule has 1 aliphatic rings. The lowest BCUT2D eigenvalue weighted by Gasteiger charge is -2.29. The van der Waals surface area contributed by atoms with E-state index in [1.807, 2.05) is 0 Å². The summed E-state index contributed by atoms with van der Waals surface area (Å²) in [6.45, 7) is 0. The second-order valence-corrected chi connectivity index (χ2v) is 4.07. The zero-order valence-electron chi connectivity index (χ0n) is 8.69. The molecule has 0 bridgehead atoms. The van der Waals surface area contributed by atoms with Gasteiger partial charge in [0.25, 0.3) is 0 Å². The number of hydrogen-bond acceptors (Lipinski definition) is 2. The third-order valence-electron chi connectivity index (χ3n) is 2.84. The molecule has 1 amide bonds. The van der Waals surface area contributed by atoms with E-state index in [1.54, 1.807) is 14.1 Å². The number of aliphatic carboxylic acids is 1. The molecule has 2 atom stereocenters. The fraction of sp³-hybridized carbons (Fsp3) is 0.800. The molecule has 0 unspecified atom stereocenters. The number of carbonyl (C=O) groups is 2. The summed E-state index contributed by atoms with van der Waals surface area (Å²) >= 11 is 0. The minimum Gasteiger partial charge on any atom is -0.481 e. The zero-order chi connectivity index (χ0) is 10.7. The molecule has 1 saturated carbocycles. The third kappa shape index (κ3) is 2.25. The van der Waals surface area contributed by atoms with Crippen LogP contribution in [-0.2, 0) is 9.59 Å². The maximum atomic E-state index is 11.7. The summed E-state index contributed by atoms with van der Waals surface area (Å²) < 4.78 is 0. The van der Waals surface area contributed by atoms with E-state index in [9.17, 15) is 9.59 Å². The molecule has 14 heavy (non-hydrogen) atoms. The highest BCUT2D eigenvalue weighted by atomic mass is 16.4. The van der Waals surface area contributed by atoms with E-state index in [0.29, 0.717) is 12.8 Å². The predicted octanol–water partition coefficient (Wildman–Crippen LogP) is 0.966. The number of rotatable bonds is 2. The quantitative estimate of drug-likeness (QED) is 0.720. The van der Waals surface area contributed by atoms with Gasteiger partial charge in [-0.25, -0.2) is 0 Å². The normalized spacial score (nSPS) is 27.0. The average molecular weight is 199 g/mol. The molecule has 0 heterocycles. The zero-order valence-corrected chi connectivity index (χ0v) is 8.69. The van der Waals surface area contributed by atoms with Crippen molar-refractivity contribution in [2.24, 2.45) is 11.8 Å². The van der Waals surface area contributed by atoms with Crippen LogP contribution in [0.5, 0.6) is 0 Å². The van der Waals surface area contributed by atoms with Gasteiger partial charge in [-0.05, 0) is 12.8 Å². The third-order valence-corrected chi connectivity index (χ3v) is 2.84. The molecule has 0 aromatic heterocycles. The highest BCUT2D eigenvalue weighted by Crippen LogP contribution is 2.31. The Morgan fingerprint density at radius 1 is 1.14 bits per heavy atom. The van der Waals surface area contributed by atoms with Crippen LogP contribution >= 0.6 is 0 Å². The van der Waals surface area contributed by atoms with E-state index in [2.05, 4.69) is 0 Å². The van der Waals surface area contributed by atoms with Gasteiger partial charge < -0.3 is 10.0 Å². The lowest BCUT2D eigenvalue weighted by molar-refractivity contribution is -0.151. The van der Waals surface area contributed by atoms with E-state index in [1.165, 1.54) is 4.90 Å². The highest BCUT2D eigenvalue weighted by Gasteiger charge is 2.36. The van der Waals surface area contributed by atoms with Crippen LogP contribution in [0.25, 0.3) is 0 Å². The second kappa shape index (κ2) is 4.44. The van der Waals surface area contributed by atoms with Crippen molar-refractivity contribution < 1.29 is 14.7 Å². The molecule has 4 nitrogen and oxygen atoms in total. The van der Waals surface area contributed by atoms with Gasteiger partial charge >= 0.3 is 5.97 Å². The van der Waals surface area contributed by atoms with E-state index in [-0.39, 0.29) is 11.8 Å². The first kappa shape index (κ1) is 11.0. The molecule has 1 N–H and O–H groups in total. The van der Waals surface area contributed by atoms with Crippen molar-refractivity contribution in [1.82, 2.24) is 4.90 Å². The summed E-state index contributed by atoms with van der Waals surface area (Å²) in [4.78, 5) is 24.1. The van der Waals surface area contributed by atoms with Crippen molar-refractivity contribution in [1.29, 1.82) is 0 Å². The Morgan fingerprint density at radius 2 is 1.64 bits per heavy atom. The SMILES string of the molecule is CN(C)C(=O)[C@@H]1CCCC[C@H]1C(=O)O. The Morgan fingerprint density at radius 3 is 2.07 bits per heavy atom. The number of carboxylic acid groups (broad SMARTS) is 1. The smallest absolute Gasteiger partial charge is 0.307 e. The Bertz CT molecular complexity index is 238. The van der Waals surface area contributed by atoms with Crippen molar-refractivity contribution in [3.63, 3.8) is 0 Å². The molecule has 4 heteroatoms. The summed E-state index contributed by atoms with van der Waals surface area (Å²) in [7, 11) is 3.35. The highest BCUT2D eigenvalue weighted by molar-refractivity contribution is 5.84. The first-order valence-corrected chi connectivity index (χ1v) is 4.98. The Labute approximate surface area is 83.9 Å². The monoisotopic (exact) mass is 199 g/mol. The molecule has 0 aromatic rings. The van der Waals surface area contributed by atoms with Crippen LogP contribution in [0.1, 0.15) is 25.7 Å². The molecule has 0 saturated heterocycles. The van der Waals surface area contributed by atoms with E-state index < -0.39 is 11.9 Å². The van der Waals surface area contributed by atoms with Crippen LogP contribution < -0.4 is 0 Å². The minimum absolute atomic E-state index is 0.0444. The Kier molecular flexibility index (Phi) is 3.49. The summed E-state index contributed by atoms with van der Waals surface area (Å²) in [5, 5.41) is 8.97. The summed E-state index contributed by atoms with van der Waals surface area (Å²) in [5.41, 5.74) is 0. The van der Waals surface area contributed by atoms with Crippen LogP contribution in [0.3, 0.4) is 0 Å². The van der Waals surface area contributed by atoms with Crippen molar-refractivity contribution in [2.45, 2.75) is 25.7 Å². The molecule has 0 aromatic carbocycles. The van der Waals surface area contributed by atoms with Crippen LogP contribution in [0.15, 0.2) is 0 Å². The molecule has 0 spiro atoms. The van der Waals surface area contributed by atoms with Crippen LogP contribution in [-0.4, -0.2) is 36.0 Å². The fourth-order valence-corrected chi connectivity index (χ4v) is 2.05.